The molecule has 0 amide bonds. The van der Waals surface area contributed by atoms with Crippen molar-refractivity contribution in [3.05, 3.63) is 24.0 Å². The second kappa shape index (κ2) is 6.19. The molecule has 1 heterocycles. The van der Waals surface area contributed by atoms with Gasteiger partial charge < -0.3 is 10.2 Å². The SMILES string of the molecule is CCCNCc1cc(N(C)CC2CC2C)ccn1. The van der Waals surface area contributed by atoms with Crippen molar-refractivity contribution in [2.24, 2.45) is 11.8 Å². The molecule has 1 N–H and O–H groups in total. The molecule has 0 saturated heterocycles. The third-order valence-corrected chi connectivity index (χ3v) is 3.76. The van der Waals surface area contributed by atoms with E-state index in [9.17, 15) is 0 Å². The number of hydrogen-bond acceptors (Lipinski definition) is 3. The highest BCUT2D eigenvalue weighted by Crippen LogP contribution is 2.38. The Morgan fingerprint density at radius 2 is 2.28 bits per heavy atom. The molecule has 1 aliphatic rings. The van der Waals surface area contributed by atoms with Gasteiger partial charge in [-0.3, -0.25) is 4.98 Å². The molecule has 1 fully saturated rings. The smallest absolute Gasteiger partial charge is 0.0562 e. The standard InChI is InChI=1S/C15H25N3/c1-4-6-16-10-14-9-15(5-7-17-14)18(3)11-13-8-12(13)2/h5,7,9,12-13,16H,4,6,8,10-11H2,1-3H3. The molecule has 3 nitrogen and oxygen atoms in total. The van der Waals surface area contributed by atoms with Crippen LogP contribution in [0.25, 0.3) is 0 Å². The molecule has 1 saturated carbocycles. The fourth-order valence-electron chi connectivity index (χ4n) is 2.30. The maximum Gasteiger partial charge on any atom is 0.0562 e. The Hall–Kier alpha value is -1.09. The van der Waals surface area contributed by atoms with E-state index in [1.165, 1.54) is 25.1 Å². The first-order chi connectivity index (χ1) is 8.70. The summed E-state index contributed by atoms with van der Waals surface area (Å²) in [5.41, 5.74) is 2.43. The zero-order chi connectivity index (χ0) is 13.0. The van der Waals surface area contributed by atoms with Crippen molar-refractivity contribution in [2.45, 2.75) is 33.2 Å². The quantitative estimate of drug-likeness (QED) is 0.751. The van der Waals surface area contributed by atoms with Crippen molar-refractivity contribution in [3.63, 3.8) is 0 Å². The zero-order valence-electron chi connectivity index (χ0n) is 11.8. The minimum atomic E-state index is 0.870. The van der Waals surface area contributed by atoms with Crippen molar-refractivity contribution >= 4 is 5.69 Å². The maximum atomic E-state index is 4.41. The van der Waals surface area contributed by atoms with E-state index in [1.807, 2.05) is 6.20 Å². The average Bonchev–Trinajstić information content (AvgIpc) is 3.05. The summed E-state index contributed by atoms with van der Waals surface area (Å²) >= 11 is 0. The largest absolute Gasteiger partial charge is 0.374 e. The van der Waals surface area contributed by atoms with Gasteiger partial charge in [0, 0.05) is 32.0 Å². The summed E-state index contributed by atoms with van der Waals surface area (Å²) in [5.74, 6) is 1.81. The van der Waals surface area contributed by atoms with E-state index in [1.54, 1.807) is 0 Å². The highest BCUT2D eigenvalue weighted by atomic mass is 15.1. The van der Waals surface area contributed by atoms with E-state index in [4.69, 9.17) is 0 Å². The number of pyridine rings is 1. The minimum absolute atomic E-state index is 0.870. The van der Waals surface area contributed by atoms with E-state index >= 15 is 0 Å². The highest BCUT2D eigenvalue weighted by Gasteiger charge is 2.33. The molecule has 1 aliphatic carbocycles. The summed E-state index contributed by atoms with van der Waals surface area (Å²) in [6.07, 6.45) is 4.48. The summed E-state index contributed by atoms with van der Waals surface area (Å²) in [6, 6.07) is 4.31. The van der Waals surface area contributed by atoms with Gasteiger partial charge in [0.15, 0.2) is 0 Å². The number of nitrogens with one attached hydrogen (secondary N) is 1. The lowest BCUT2D eigenvalue weighted by atomic mass is 10.2. The van der Waals surface area contributed by atoms with Gasteiger partial charge >= 0.3 is 0 Å². The Labute approximate surface area is 111 Å². The van der Waals surface area contributed by atoms with Crippen LogP contribution < -0.4 is 10.2 Å². The Balaban J connectivity index is 1.89. The van der Waals surface area contributed by atoms with Gasteiger partial charge in [-0.25, -0.2) is 0 Å². The normalized spacial score (nSPS) is 21.9. The van der Waals surface area contributed by atoms with Gasteiger partial charge in [0.05, 0.1) is 5.69 Å². The van der Waals surface area contributed by atoms with Crippen molar-refractivity contribution in [1.82, 2.24) is 10.3 Å². The monoisotopic (exact) mass is 247 g/mol. The van der Waals surface area contributed by atoms with Crippen LogP contribution in [-0.4, -0.2) is 25.1 Å². The molecule has 3 heteroatoms. The van der Waals surface area contributed by atoms with Gasteiger partial charge in [0.25, 0.3) is 0 Å². The van der Waals surface area contributed by atoms with Crippen LogP contribution in [0.2, 0.25) is 0 Å². The molecule has 100 valence electrons. The van der Waals surface area contributed by atoms with Crippen LogP contribution in [-0.2, 0) is 6.54 Å². The first-order valence-electron chi connectivity index (χ1n) is 7.07. The van der Waals surface area contributed by atoms with Gasteiger partial charge in [0.2, 0.25) is 0 Å². The Kier molecular flexibility index (Phi) is 4.59. The molecule has 2 rings (SSSR count). The molecule has 0 bridgehead atoms. The fraction of sp³-hybridized carbons (Fsp3) is 0.667. The molecular formula is C15H25N3. The van der Waals surface area contributed by atoms with Gasteiger partial charge in [-0.05, 0) is 43.4 Å². The van der Waals surface area contributed by atoms with Crippen molar-refractivity contribution in [2.75, 3.05) is 25.0 Å². The van der Waals surface area contributed by atoms with E-state index in [2.05, 4.69) is 48.2 Å². The van der Waals surface area contributed by atoms with Gasteiger partial charge in [0.1, 0.15) is 0 Å². The predicted octanol–water partition coefficient (Wildman–Crippen LogP) is 2.67. The lowest BCUT2D eigenvalue weighted by Crippen LogP contribution is -2.21. The first kappa shape index (κ1) is 13.3. The molecule has 0 aliphatic heterocycles. The Morgan fingerprint density at radius 3 is 2.94 bits per heavy atom. The van der Waals surface area contributed by atoms with Crippen LogP contribution >= 0.6 is 0 Å². The fourth-order valence-corrected chi connectivity index (χ4v) is 2.30. The summed E-state index contributed by atoms with van der Waals surface area (Å²) in [6.45, 7) is 7.62. The van der Waals surface area contributed by atoms with Crippen molar-refractivity contribution in [1.29, 1.82) is 0 Å². The lowest BCUT2D eigenvalue weighted by molar-refractivity contribution is 0.663. The van der Waals surface area contributed by atoms with E-state index in [-0.39, 0.29) is 0 Å². The molecule has 0 aromatic carbocycles. The van der Waals surface area contributed by atoms with Crippen LogP contribution in [0.15, 0.2) is 18.3 Å². The van der Waals surface area contributed by atoms with Crippen LogP contribution in [0.5, 0.6) is 0 Å². The summed E-state index contributed by atoms with van der Waals surface area (Å²) in [7, 11) is 2.18. The number of hydrogen-bond donors (Lipinski definition) is 1. The molecular weight excluding hydrogens is 222 g/mol. The average molecular weight is 247 g/mol. The molecule has 18 heavy (non-hydrogen) atoms. The lowest BCUT2D eigenvalue weighted by Gasteiger charge is -2.19. The second-order valence-electron chi connectivity index (χ2n) is 5.54. The third kappa shape index (κ3) is 3.70. The third-order valence-electron chi connectivity index (χ3n) is 3.76. The Morgan fingerprint density at radius 1 is 1.50 bits per heavy atom. The van der Waals surface area contributed by atoms with Crippen molar-refractivity contribution in [3.8, 4) is 0 Å². The molecule has 1 aromatic rings. The minimum Gasteiger partial charge on any atom is -0.374 e. The Bertz CT molecular complexity index is 378. The molecule has 0 spiro atoms. The van der Waals surface area contributed by atoms with Gasteiger partial charge in [-0.2, -0.15) is 0 Å². The first-order valence-corrected chi connectivity index (χ1v) is 7.07. The predicted molar refractivity (Wildman–Crippen MR) is 76.8 cm³/mol. The molecule has 2 atom stereocenters. The van der Waals surface area contributed by atoms with E-state index in [0.29, 0.717) is 0 Å². The molecule has 2 unspecified atom stereocenters. The van der Waals surface area contributed by atoms with Crippen LogP contribution in [0, 0.1) is 11.8 Å². The summed E-state index contributed by atoms with van der Waals surface area (Å²) in [5, 5.41) is 3.40. The van der Waals surface area contributed by atoms with Crippen LogP contribution in [0.4, 0.5) is 5.69 Å². The number of rotatable bonds is 7. The van der Waals surface area contributed by atoms with Crippen LogP contribution in [0.3, 0.4) is 0 Å². The summed E-state index contributed by atoms with van der Waals surface area (Å²) in [4.78, 5) is 6.77. The molecule has 0 radical (unpaired) electrons. The van der Waals surface area contributed by atoms with E-state index < -0.39 is 0 Å². The van der Waals surface area contributed by atoms with Crippen LogP contribution in [0.1, 0.15) is 32.4 Å². The highest BCUT2D eigenvalue weighted by molar-refractivity contribution is 5.45. The van der Waals surface area contributed by atoms with Gasteiger partial charge in [-0.15, -0.1) is 0 Å². The second-order valence-corrected chi connectivity index (χ2v) is 5.54. The topological polar surface area (TPSA) is 28.2 Å². The zero-order valence-corrected chi connectivity index (χ0v) is 11.8. The van der Waals surface area contributed by atoms with E-state index in [0.717, 1.165) is 30.6 Å². The number of nitrogens with zero attached hydrogens (tertiary/aromatic N) is 2. The summed E-state index contributed by atoms with van der Waals surface area (Å²) < 4.78 is 0. The molecule has 1 aromatic heterocycles. The maximum absolute atomic E-state index is 4.41. The van der Waals surface area contributed by atoms with Gasteiger partial charge in [-0.1, -0.05) is 13.8 Å². The number of aromatic nitrogens is 1. The number of anilines is 1. The van der Waals surface area contributed by atoms with Crippen molar-refractivity contribution < 1.29 is 0 Å².